The van der Waals surface area contributed by atoms with Gasteiger partial charge in [0.25, 0.3) is 0 Å². The number of carboxylic acid groups (broad SMARTS) is 1. The van der Waals surface area contributed by atoms with Gasteiger partial charge in [-0.3, -0.25) is 4.68 Å². The summed E-state index contributed by atoms with van der Waals surface area (Å²) < 4.78 is 1.79. The summed E-state index contributed by atoms with van der Waals surface area (Å²) in [7, 11) is 3.92. The minimum atomic E-state index is -0.938. The molecule has 0 aliphatic rings. The Morgan fingerprint density at radius 2 is 2.24 bits per heavy atom. The van der Waals surface area contributed by atoms with Crippen molar-refractivity contribution in [3.63, 3.8) is 0 Å². The van der Waals surface area contributed by atoms with Crippen molar-refractivity contribution >= 4 is 17.7 Å². The average molecular weight is 285 g/mol. The Bertz CT molecular complexity index is 674. The van der Waals surface area contributed by atoms with Crippen molar-refractivity contribution in [1.29, 1.82) is 0 Å². The van der Waals surface area contributed by atoms with Crippen LogP contribution in [0, 0.1) is 6.92 Å². The van der Waals surface area contributed by atoms with E-state index in [1.54, 1.807) is 10.8 Å². The van der Waals surface area contributed by atoms with Gasteiger partial charge in [-0.15, -0.1) is 0 Å². The molecule has 0 amide bonds. The molecular formula is C16H19N3O2. The summed E-state index contributed by atoms with van der Waals surface area (Å²) in [6.45, 7) is 2.75. The number of anilines is 1. The molecule has 2 rings (SSSR count). The van der Waals surface area contributed by atoms with E-state index in [-0.39, 0.29) is 0 Å². The zero-order chi connectivity index (χ0) is 15.4. The van der Waals surface area contributed by atoms with E-state index in [1.807, 2.05) is 45.5 Å². The first-order chi connectivity index (χ1) is 9.95. The molecule has 0 aliphatic carbocycles. The van der Waals surface area contributed by atoms with Crippen LogP contribution in [0.3, 0.4) is 0 Å². The first kappa shape index (κ1) is 14.8. The summed E-state index contributed by atoms with van der Waals surface area (Å²) in [5, 5.41) is 12.8. The predicted molar refractivity (Wildman–Crippen MR) is 83.2 cm³/mol. The first-order valence-corrected chi connectivity index (χ1v) is 6.66. The van der Waals surface area contributed by atoms with Crippen LogP contribution in [0.15, 0.2) is 36.7 Å². The van der Waals surface area contributed by atoms with Crippen molar-refractivity contribution < 1.29 is 9.90 Å². The lowest BCUT2D eigenvalue weighted by atomic mass is 10.1. The van der Waals surface area contributed by atoms with Crippen molar-refractivity contribution in [3.8, 4) is 0 Å². The molecule has 0 bridgehead atoms. The monoisotopic (exact) mass is 285 g/mol. The molecule has 0 spiro atoms. The van der Waals surface area contributed by atoms with Crippen molar-refractivity contribution in [3.05, 3.63) is 53.4 Å². The summed E-state index contributed by atoms with van der Waals surface area (Å²) >= 11 is 0. The standard InChI is InChI=1S/C16H19N3O2/c1-12-8-15(6-4-14(12)5-7-16(20)21)18(2)10-13-9-17-19(3)11-13/h4-9,11H,10H2,1-3H3,(H,20,21). The number of aliphatic carboxylic acids is 1. The highest BCUT2D eigenvalue weighted by molar-refractivity contribution is 5.85. The van der Waals surface area contributed by atoms with Gasteiger partial charge in [0.05, 0.1) is 6.20 Å². The zero-order valence-electron chi connectivity index (χ0n) is 12.4. The Kier molecular flexibility index (Phi) is 4.42. The zero-order valence-corrected chi connectivity index (χ0v) is 12.4. The van der Waals surface area contributed by atoms with Crippen molar-refractivity contribution in [2.75, 3.05) is 11.9 Å². The highest BCUT2D eigenvalue weighted by Crippen LogP contribution is 2.20. The van der Waals surface area contributed by atoms with Crippen LogP contribution in [0.4, 0.5) is 5.69 Å². The number of aryl methyl sites for hydroxylation is 2. The molecular weight excluding hydrogens is 266 g/mol. The van der Waals surface area contributed by atoms with Crippen molar-refractivity contribution in [2.45, 2.75) is 13.5 Å². The van der Waals surface area contributed by atoms with E-state index in [1.165, 1.54) is 0 Å². The van der Waals surface area contributed by atoms with E-state index in [4.69, 9.17) is 5.11 Å². The van der Waals surface area contributed by atoms with Gasteiger partial charge in [-0.1, -0.05) is 6.07 Å². The second-order valence-corrected chi connectivity index (χ2v) is 5.09. The molecule has 5 nitrogen and oxygen atoms in total. The van der Waals surface area contributed by atoms with Gasteiger partial charge in [0.2, 0.25) is 0 Å². The van der Waals surface area contributed by atoms with Crippen LogP contribution in [-0.4, -0.2) is 27.9 Å². The number of carboxylic acids is 1. The number of benzene rings is 1. The molecule has 110 valence electrons. The maximum Gasteiger partial charge on any atom is 0.328 e. The van der Waals surface area contributed by atoms with E-state index in [9.17, 15) is 4.79 Å². The molecule has 1 aromatic heterocycles. The van der Waals surface area contributed by atoms with Crippen molar-refractivity contribution in [2.24, 2.45) is 7.05 Å². The number of hydrogen-bond acceptors (Lipinski definition) is 3. The molecule has 0 saturated carbocycles. The summed E-state index contributed by atoms with van der Waals surface area (Å²) in [4.78, 5) is 12.7. The van der Waals surface area contributed by atoms with Crippen LogP contribution in [0.1, 0.15) is 16.7 Å². The van der Waals surface area contributed by atoms with Crippen LogP contribution >= 0.6 is 0 Å². The second kappa shape index (κ2) is 6.26. The molecule has 0 fully saturated rings. The summed E-state index contributed by atoms with van der Waals surface area (Å²) in [6, 6.07) is 5.98. The molecule has 1 heterocycles. The lowest BCUT2D eigenvalue weighted by Crippen LogP contribution is -2.16. The number of aromatic nitrogens is 2. The van der Waals surface area contributed by atoms with Gasteiger partial charge in [0.15, 0.2) is 0 Å². The van der Waals surface area contributed by atoms with Gasteiger partial charge in [-0.25, -0.2) is 4.79 Å². The van der Waals surface area contributed by atoms with Gasteiger partial charge < -0.3 is 10.0 Å². The summed E-state index contributed by atoms with van der Waals surface area (Å²) in [6.07, 6.45) is 6.62. The number of nitrogens with zero attached hydrogens (tertiary/aromatic N) is 3. The van der Waals surface area contributed by atoms with E-state index in [0.29, 0.717) is 0 Å². The molecule has 0 unspecified atom stereocenters. The fourth-order valence-electron chi connectivity index (χ4n) is 2.16. The van der Waals surface area contributed by atoms with Crippen LogP contribution in [-0.2, 0) is 18.4 Å². The Balaban J connectivity index is 2.13. The molecule has 0 saturated heterocycles. The fourth-order valence-corrected chi connectivity index (χ4v) is 2.16. The normalized spacial score (nSPS) is 11.0. The SMILES string of the molecule is Cc1cc(N(C)Cc2cnn(C)c2)ccc1C=CC(=O)O. The minimum Gasteiger partial charge on any atom is -0.478 e. The Morgan fingerprint density at radius 1 is 1.48 bits per heavy atom. The van der Waals surface area contributed by atoms with Crippen LogP contribution < -0.4 is 4.90 Å². The largest absolute Gasteiger partial charge is 0.478 e. The molecule has 0 aliphatic heterocycles. The second-order valence-electron chi connectivity index (χ2n) is 5.09. The summed E-state index contributed by atoms with van der Waals surface area (Å²) in [5.74, 6) is -0.938. The predicted octanol–water partition coefficient (Wildman–Crippen LogP) is 2.46. The topological polar surface area (TPSA) is 58.4 Å². The smallest absolute Gasteiger partial charge is 0.328 e. The molecule has 1 aromatic carbocycles. The van der Waals surface area contributed by atoms with Crippen LogP contribution in [0.2, 0.25) is 0 Å². The van der Waals surface area contributed by atoms with Gasteiger partial charge in [0.1, 0.15) is 0 Å². The fraction of sp³-hybridized carbons (Fsp3) is 0.250. The third-order valence-electron chi connectivity index (χ3n) is 3.28. The Labute approximate surface area is 124 Å². The maximum absolute atomic E-state index is 10.6. The lowest BCUT2D eigenvalue weighted by molar-refractivity contribution is -0.131. The van der Waals surface area contributed by atoms with Crippen LogP contribution in [0.5, 0.6) is 0 Å². The van der Waals surface area contributed by atoms with Crippen LogP contribution in [0.25, 0.3) is 6.08 Å². The van der Waals surface area contributed by atoms with Gasteiger partial charge in [0, 0.05) is 44.2 Å². The quantitative estimate of drug-likeness (QED) is 0.857. The van der Waals surface area contributed by atoms with Gasteiger partial charge in [-0.05, 0) is 36.3 Å². The third-order valence-corrected chi connectivity index (χ3v) is 3.28. The molecule has 5 heteroatoms. The first-order valence-electron chi connectivity index (χ1n) is 6.66. The minimum absolute atomic E-state index is 0.775. The van der Waals surface area contributed by atoms with Gasteiger partial charge in [-0.2, -0.15) is 5.10 Å². The average Bonchev–Trinajstić information content (AvgIpc) is 2.82. The Morgan fingerprint density at radius 3 is 2.81 bits per heavy atom. The molecule has 0 radical (unpaired) electrons. The summed E-state index contributed by atoms with van der Waals surface area (Å²) in [5.41, 5.74) is 4.19. The number of rotatable bonds is 5. The van der Waals surface area contributed by atoms with E-state index >= 15 is 0 Å². The maximum atomic E-state index is 10.6. The molecule has 1 N–H and O–H groups in total. The Hall–Kier alpha value is -2.56. The highest BCUT2D eigenvalue weighted by Gasteiger charge is 2.05. The number of hydrogen-bond donors (Lipinski definition) is 1. The molecule has 0 atom stereocenters. The molecule has 2 aromatic rings. The lowest BCUT2D eigenvalue weighted by Gasteiger charge is -2.19. The highest BCUT2D eigenvalue weighted by atomic mass is 16.4. The number of carbonyl (C=O) groups is 1. The van der Waals surface area contributed by atoms with E-state index in [0.717, 1.165) is 35.0 Å². The van der Waals surface area contributed by atoms with E-state index < -0.39 is 5.97 Å². The van der Waals surface area contributed by atoms with E-state index in [2.05, 4.69) is 16.1 Å². The molecule has 21 heavy (non-hydrogen) atoms. The third kappa shape index (κ3) is 3.95. The van der Waals surface area contributed by atoms with Gasteiger partial charge >= 0.3 is 5.97 Å². The van der Waals surface area contributed by atoms with Crippen molar-refractivity contribution in [1.82, 2.24) is 9.78 Å².